The second-order valence-corrected chi connectivity index (χ2v) is 10.4. The van der Waals surface area contributed by atoms with Crippen LogP contribution in [0.4, 0.5) is 20.3 Å². The van der Waals surface area contributed by atoms with Gasteiger partial charge in [0.05, 0.1) is 35.3 Å². The topological polar surface area (TPSA) is 132 Å². The summed E-state index contributed by atoms with van der Waals surface area (Å²) in [6.45, 7) is 2.59. The van der Waals surface area contributed by atoms with Gasteiger partial charge in [0.1, 0.15) is 29.7 Å². The highest BCUT2D eigenvalue weighted by atomic mass is 19.1. The summed E-state index contributed by atoms with van der Waals surface area (Å²) < 4.78 is 36.1. The first kappa shape index (κ1) is 26.7. The van der Waals surface area contributed by atoms with E-state index >= 15 is 8.78 Å². The lowest BCUT2D eigenvalue weighted by atomic mass is 9.96. The minimum absolute atomic E-state index is 0.0151. The quantitative estimate of drug-likeness (QED) is 0.364. The van der Waals surface area contributed by atoms with Crippen molar-refractivity contribution in [3.63, 3.8) is 0 Å². The van der Waals surface area contributed by atoms with Gasteiger partial charge in [-0.3, -0.25) is 4.79 Å². The molecule has 0 radical (unpaired) electrons. The van der Waals surface area contributed by atoms with E-state index in [1.165, 1.54) is 29.4 Å². The second-order valence-electron chi connectivity index (χ2n) is 10.4. The standard InChI is InChI=1S/C29H27F2N7O3/c1-16(13-32)27-35-29(41-36-27)17-8-10-37(11-9-17)28-25-21(30)5-4-20(26(25)33-15-34-28)18-2-6-23(22(31)12-18)38-19(14-39)3-7-24(38)40/h2,4-6,12,15-17,19,39H,3,7-11,14H2,1H3/t16?,19-/m0/s1. The Kier molecular flexibility index (Phi) is 7.05. The van der Waals surface area contributed by atoms with Crippen LogP contribution in [-0.2, 0) is 4.79 Å². The Hall–Kier alpha value is -4.50. The number of aromatic nitrogens is 4. The number of hydrogen-bond donors (Lipinski definition) is 1. The Balaban J connectivity index is 1.28. The zero-order valence-corrected chi connectivity index (χ0v) is 22.3. The Morgan fingerprint density at radius 1 is 1.15 bits per heavy atom. The van der Waals surface area contributed by atoms with E-state index in [1.54, 1.807) is 19.1 Å². The summed E-state index contributed by atoms with van der Waals surface area (Å²) >= 11 is 0. The predicted octanol–water partition coefficient (Wildman–Crippen LogP) is 4.46. The summed E-state index contributed by atoms with van der Waals surface area (Å²) in [6.07, 6.45) is 3.44. The molecule has 4 heterocycles. The molecule has 41 heavy (non-hydrogen) atoms. The van der Waals surface area contributed by atoms with Gasteiger partial charge < -0.3 is 19.4 Å². The maximum absolute atomic E-state index is 15.3. The molecule has 0 saturated carbocycles. The Morgan fingerprint density at radius 2 is 1.95 bits per heavy atom. The average Bonchev–Trinajstić information content (AvgIpc) is 3.64. The van der Waals surface area contributed by atoms with Crippen LogP contribution in [0.15, 0.2) is 41.2 Å². The monoisotopic (exact) mass is 559 g/mol. The number of aliphatic hydroxyl groups is 1. The van der Waals surface area contributed by atoms with Gasteiger partial charge in [-0.2, -0.15) is 10.2 Å². The predicted molar refractivity (Wildman–Crippen MR) is 145 cm³/mol. The first-order valence-electron chi connectivity index (χ1n) is 13.5. The summed E-state index contributed by atoms with van der Waals surface area (Å²) in [6, 6.07) is 9.01. The SMILES string of the molecule is CC(C#N)c1noc(C2CCN(c3ncnc4c(-c5ccc(N6C(=O)CC[C@H]6CO)c(F)c5)ccc(F)c34)CC2)n1. The van der Waals surface area contributed by atoms with Crippen molar-refractivity contribution in [1.29, 1.82) is 5.26 Å². The van der Waals surface area contributed by atoms with Gasteiger partial charge in [0.25, 0.3) is 0 Å². The van der Waals surface area contributed by atoms with Crippen LogP contribution in [-0.4, -0.2) is 56.9 Å². The molecule has 1 N–H and O–H groups in total. The number of aliphatic hydroxyl groups excluding tert-OH is 1. The van der Waals surface area contributed by atoms with E-state index in [0.717, 1.165) is 0 Å². The lowest BCUT2D eigenvalue weighted by Gasteiger charge is -2.32. The number of carbonyl (C=O) groups excluding carboxylic acids is 1. The van der Waals surface area contributed by atoms with E-state index in [1.807, 2.05) is 4.90 Å². The molecule has 2 saturated heterocycles. The molecule has 12 heteroatoms. The fourth-order valence-corrected chi connectivity index (χ4v) is 5.69. The fraction of sp³-hybridized carbons (Fsp3) is 0.379. The van der Waals surface area contributed by atoms with Crippen LogP contribution >= 0.6 is 0 Å². The van der Waals surface area contributed by atoms with Crippen molar-refractivity contribution in [3.05, 3.63) is 60.0 Å². The molecule has 6 rings (SSSR count). The van der Waals surface area contributed by atoms with Crippen molar-refractivity contribution < 1.29 is 23.2 Å². The van der Waals surface area contributed by atoms with Gasteiger partial charge in [-0.15, -0.1) is 0 Å². The number of piperidine rings is 1. The van der Waals surface area contributed by atoms with Crippen molar-refractivity contribution in [2.24, 2.45) is 0 Å². The van der Waals surface area contributed by atoms with E-state index in [4.69, 9.17) is 9.78 Å². The number of hydrogen-bond acceptors (Lipinski definition) is 9. The number of amides is 1. The molecule has 2 aromatic heterocycles. The maximum Gasteiger partial charge on any atom is 0.229 e. The van der Waals surface area contributed by atoms with E-state index in [-0.39, 0.29) is 35.9 Å². The van der Waals surface area contributed by atoms with E-state index in [9.17, 15) is 9.90 Å². The zero-order valence-electron chi connectivity index (χ0n) is 22.3. The normalized spacial score (nSPS) is 18.7. The van der Waals surface area contributed by atoms with E-state index in [2.05, 4.69) is 26.2 Å². The molecule has 2 atom stereocenters. The van der Waals surface area contributed by atoms with Crippen LogP contribution in [0.25, 0.3) is 22.0 Å². The third-order valence-corrected chi connectivity index (χ3v) is 7.95. The highest BCUT2D eigenvalue weighted by Gasteiger charge is 2.33. The number of carbonyl (C=O) groups is 1. The van der Waals surface area contributed by atoms with Gasteiger partial charge in [-0.25, -0.2) is 18.7 Å². The Morgan fingerprint density at radius 3 is 2.68 bits per heavy atom. The molecule has 2 aromatic carbocycles. The average molecular weight is 560 g/mol. The molecule has 0 aliphatic carbocycles. The van der Waals surface area contributed by atoms with E-state index in [0.29, 0.717) is 66.5 Å². The lowest BCUT2D eigenvalue weighted by molar-refractivity contribution is -0.117. The van der Waals surface area contributed by atoms with Crippen LogP contribution in [0.1, 0.15) is 56.2 Å². The smallest absolute Gasteiger partial charge is 0.229 e. The third-order valence-electron chi connectivity index (χ3n) is 7.95. The maximum atomic E-state index is 15.3. The Bertz CT molecular complexity index is 1660. The third kappa shape index (κ3) is 4.76. The van der Waals surface area contributed by atoms with Crippen LogP contribution < -0.4 is 9.80 Å². The molecule has 0 spiro atoms. The molecule has 1 unspecified atom stereocenters. The van der Waals surface area contributed by atoms with Crippen LogP contribution in [0.2, 0.25) is 0 Å². The van der Waals surface area contributed by atoms with Gasteiger partial charge in [-0.1, -0.05) is 11.2 Å². The zero-order chi connectivity index (χ0) is 28.7. The highest BCUT2D eigenvalue weighted by Crippen LogP contribution is 2.38. The number of halogens is 2. The summed E-state index contributed by atoms with van der Waals surface area (Å²) in [5.74, 6) is -0.469. The number of rotatable bonds is 6. The van der Waals surface area contributed by atoms with Crippen molar-refractivity contribution in [1.82, 2.24) is 20.1 Å². The van der Waals surface area contributed by atoms with Crippen LogP contribution in [0.5, 0.6) is 0 Å². The number of nitrogens with zero attached hydrogens (tertiary/aromatic N) is 7. The van der Waals surface area contributed by atoms with Crippen molar-refractivity contribution >= 4 is 28.3 Å². The molecule has 2 aliphatic heterocycles. The summed E-state index contributed by atoms with van der Waals surface area (Å²) in [7, 11) is 0. The van der Waals surface area contributed by atoms with E-state index < -0.39 is 23.6 Å². The molecule has 2 fully saturated rings. The molecular weight excluding hydrogens is 532 g/mol. The lowest BCUT2D eigenvalue weighted by Crippen LogP contribution is -2.35. The van der Waals surface area contributed by atoms with Gasteiger partial charge >= 0.3 is 0 Å². The minimum Gasteiger partial charge on any atom is -0.394 e. The molecule has 1 amide bonds. The highest BCUT2D eigenvalue weighted by molar-refractivity contribution is 6.00. The first-order chi connectivity index (χ1) is 19.9. The van der Waals surface area contributed by atoms with Crippen LogP contribution in [0, 0.1) is 23.0 Å². The number of anilines is 2. The van der Waals surface area contributed by atoms with Crippen LogP contribution in [0.3, 0.4) is 0 Å². The van der Waals surface area contributed by atoms with Gasteiger partial charge in [-0.05, 0) is 56.0 Å². The number of nitriles is 1. The fourth-order valence-electron chi connectivity index (χ4n) is 5.69. The summed E-state index contributed by atoms with van der Waals surface area (Å²) in [4.78, 5) is 28.8. The molecule has 0 bridgehead atoms. The Labute approximate surface area is 234 Å². The molecule has 4 aromatic rings. The van der Waals surface area contributed by atoms with Gasteiger partial charge in [0, 0.05) is 31.0 Å². The first-order valence-corrected chi connectivity index (χ1v) is 13.5. The summed E-state index contributed by atoms with van der Waals surface area (Å²) in [5, 5.41) is 22.9. The van der Waals surface area contributed by atoms with Gasteiger partial charge in [0.2, 0.25) is 11.8 Å². The number of benzene rings is 2. The second kappa shape index (κ2) is 10.8. The van der Waals surface area contributed by atoms with Crippen molar-refractivity contribution in [2.45, 2.75) is 50.5 Å². The molecule has 10 nitrogen and oxygen atoms in total. The van der Waals surface area contributed by atoms with Crippen molar-refractivity contribution in [2.75, 3.05) is 29.5 Å². The largest absolute Gasteiger partial charge is 0.394 e. The molecule has 210 valence electrons. The van der Waals surface area contributed by atoms with Gasteiger partial charge in [0.15, 0.2) is 5.82 Å². The van der Waals surface area contributed by atoms with Crippen molar-refractivity contribution in [3.8, 4) is 17.2 Å². The molecular formula is C29H27F2N7O3. The molecule has 2 aliphatic rings. The summed E-state index contributed by atoms with van der Waals surface area (Å²) in [5.41, 5.74) is 1.46. The minimum atomic E-state index is -0.613. The number of fused-ring (bicyclic) bond motifs is 1.